The maximum atomic E-state index is 12.4. The normalized spacial score (nSPS) is 21.5. The summed E-state index contributed by atoms with van der Waals surface area (Å²) < 4.78 is 31.0. The van der Waals surface area contributed by atoms with Crippen LogP contribution in [0.4, 0.5) is 5.69 Å². The fraction of sp³-hybridized carbons (Fsp3) is 0.556. The van der Waals surface area contributed by atoms with Crippen molar-refractivity contribution < 1.29 is 18.1 Å². The number of halogens is 1. The molecule has 1 aliphatic heterocycles. The molecule has 0 saturated carbocycles. The van der Waals surface area contributed by atoms with Crippen LogP contribution in [-0.4, -0.2) is 43.4 Å². The summed E-state index contributed by atoms with van der Waals surface area (Å²) in [6.07, 6.45) is 0. The summed E-state index contributed by atoms with van der Waals surface area (Å²) in [5.41, 5.74) is -0.383. The fourth-order valence-electron chi connectivity index (χ4n) is 1.77. The molecule has 0 aliphatic carbocycles. The Morgan fingerprint density at radius 1 is 1.63 bits per heavy atom. The van der Waals surface area contributed by atoms with Gasteiger partial charge in [-0.05, 0) is 6.92 Å². The highest BCUT2D eigenvalue weighted by molar-refractivity contribution is 7.91. The van der Waals surface area contributed by atoms with E-state index in [1.807, 2.05) is 0 Å². The molecule has 0 N–H and O–H groups in total. The van der Waals surface area contributed by atoms with Crippen molar-refractivity contribution in [1.82, 2.24) is 4.31 Å². The lowest BCUT2D eigenvalue weighted by atomic mass is 10.3. The molecular weight excluding hydrogens is 316 g/mol. The SMILES string of the molecule is CC1COCCN1S(=O)(=O)c1cc([N+](=O)[O-])c(Cl)s1. The molecule has 7 nitrogen and oxygen atoms in total. The zero-order chi connectivity index (χ0) is 14.2. The molecule has 1 aromatic heterocycles. The molecule has 19 heavy (non-hydrogen) atoms. The fourth-order valence-corrected chi connectivity index (χ4v) is 5.17. The van der Waals surface area contributed by atoms with Gasteiger partial charge in [0.25, 0.3) is 15.7 Å². The summed E-state index contributed by atoms with van der Waals surface area (Å²) in [6, 6.07) is 0.698. The topological polar surface area (TPSA) is 89.8 Å². The lowest BCUT2D eigenvalue weighted by Crippen LogP contribution is -2.46. The standard InChI is InChI=1S/C9H11ClN2O5S2/c1-6-5-17-3-2-11(6)19(15,16)8-4-7(12(13)14)9(10)18-8/h4,6H,2-3,5H2,1H3. The van der Waals surface area contributed by atoms with Crippen LogP contribution < -0.4 is 0 Å². The molecule has 0 aromatic carbocycles. The van der Waals surface area contributed by atoms with Crippen molar-refractivity contribution in [1.29, 1.82) is 0 Å². The van der Waals surface area contributed by atoms with Crippen molar-refractivity contribution in [2.75, 3.05) is 19.8 Å². The molecule has 10 heteroatoms. The van der Waals surface area contributed by atoms with Crippen LogP contribution in [0, 0.1) is 10.1 Å². The van der Waals surface area contributed by atoms with Crippen LogP contribution in [0.15, 0.2) is 10.3 Å². The number of rotatable bonds is 3. The summed E-state index contributed by atoms with van der Waals surface area (Å²) in [7, 11) is -3.76. The number of ether oxygens (including phenoxy) is 1. The average Bonchev–Trinajstić information content (AvgIpc) is 2.72. The molecule has 0 amide bonds. The van der Waals surface area contributed by atoms with E-state index in [1.165, 1.54) is 4.31 Å². The Labute approximate surface area is 118 Å². The monoisotopic (exact) mass is 326 g/mol. The van der Waals surface area contributed by atoms with Crippen LogP contribution in [0.2, 0.25) is 4.34 Å². The number of thiophene rings is 1. The molecule has 0 bridgehead atoms. The van der Waals surface area contributed by atoms with Crippen molar-refractivity contribution >= 4 is 38.6 Å². The van der Waals surface area contributed by atoms with Crippen LogP contribution in [0.1, 0.15) is 6.92 Å². The second-order valence-electron chi connectivity index (χ2n) is 4.02. The first kappa shape index (κ1) is 14.7. The third-order valence-corrected chi connectivity index (χ3v) is 6.51. The third-order valence-electron chi connectivity index (χ3n) is 2.71. The van der Waals surface area contributed by atoms with E-state index in [2.05, 4.69) is 0 Å². The van der Waals surface area contributed by atoms with Crippen molar-refractivity contribution in [3.05, 3.63) is 20.5 Å². The quantitative estimate of drug-likeness (QED) is 0.623. The third kappa shape index (κ3) is 2.75. The Morgan fingerprint density at radius 2 is 2.32 bits per heavy atom. The summed E-state index contributed by atoms with van der Waals surface area (Å²) in [4.78, 5) is 10.0. The van der Waals surface area contributed by atoms with Crippen LogP contribution in [-0.2, 0) is 14.8 Å². The van der Waals surface area contributed by atoms with Gasteiger partial charge in [-0.25, -0.2) is 8.42 Å². The number of nitro groups is 1. The van der Waals surface area contributed by atoms with E-state index in [1.54, 1.807) is 6.92 Å². The zero-order valence-electron chi connectivity index (χ0n) is 9.91. The minimum Gasteiger partial charge on any atom is -0.378 e. The first-order chi connectivity index (χ1) is 8.84. The average molecular weight is 327 g/mol. The minimum absolute atomic E-state index is 0.113. The molecular formula is C9H11ClN2O5S2. The lowest BCUT2D eigenvalue weighted by molar-refractivity contribution is -0.384. The van der Waals surface area contributed by atoms with Gasteiger partial charge in [0.2, 0.25) is 0 Å². The Bertz CT molecular complexity index is 600. The molecule has 1 aromatic rings. The highest BCUT2D eigenvalue weighted by Crippen LogP contribution is 2.38. The summed E-state index contributed by atoms with van der Waals surface area (Å²) >= 11 is 6.39. The smallest absolute Gasteiger partial charge is 0.300 e. The Kier molecular flexibility index (Phi) is 4.11. The molecule has 0 spiro atoms. The van der Waals surface area contributed by atoms with Crippen molar-refractivity contribution in [2.45, 2.75) is 17.2 Å². The van der Waals surface area contributed by atoms with Crippen LogP contribution in [0.5, 0.6) is 0 Å². The summed E-state index contributed by atoms with van der Waals surface area (Å²) in [5.74, 6) is 0. The number of morpholine rings is 1. The van der Waals surface area contributed by atoms with E-state index in [0.717, 1.165) is 6.07 Å². The first-order valence-electron chi connectivity index (χ1n) is 5.37. The first-order valence-corrected chi connectivity index (χ1v) is 8.01. The van der Waals surface area contributed by atoms with Crippen molar-refractivity contribution in [2.24, 2.45) is 0 Å². The second kappa shape index (κ2) is 5.33. The molecule has 1 unspecified atom stereocenters. The van der Waals surface area contributed by atoms with Gasteiger partial charge in [-0.2, -0.15) is 4.31 Å². The Hall–Kier alpha value is -0.740. The van der Waals surface area contributed by atoms with E-state index in [9.17, 15) is 18.5 Å². The maximum absolute atomic E-state index is 12.4. The summed E-state index contributed by atoms with van der Waals surface area (Å²) in [5, 5.41) is 10.7. The largest absolute Gasteiger partial charge is 0.378 e. The zero-order valence-corrected chi connectivity index (χ0v) is 12.3. The number of hydrogen-bond donors (Lipinski definition) is 0. The maximum Gasteiger partial charge on any atom is 0.300 e. The van der Waals surface area contributed by atoms with Gasteiger partial charge in [0.15, 0.2) is 4.34 Å². The molecule has 106 valence electrons. The van der Waals surface area contributed by atoms with Crippen LogP contribution in [0.3, 0.4) is 0 Å². The predicted molar refractivity (Wildman–Crippen MR) is 70.2 cm³/mol. The van der Waals surface area contributed by atoms with Gasteiger partial charge in [-0.15, -0.1) is 11.3 Å². The highest BCUT2D eigenvalue weighted by atomic mass is 35.5. The van der Waals surface area contributed by atoms with Gasteiger partial charge in [0, 0.05) is 18.7 Å². The van der Waals surface area contributed by atoms with Gasteiger partial charge in [-0.1, -0.05) is 11.6 Å². The van der Waals surface area contributed by atoms with Gasteiger partial charge in [0.1, 0.15) is 4.21 Å². The molecule has 1 fully saturated rings. The van der Waals surface area contributed by atoms with Gasteiger partial charge in [-0.3, -0.25) is 10.1 Å². The molecule has 0 radical (unpaired) electrons. The highest BCUT2D eigenvalue weighted by Gasteiger charge is 2.34. The second-order valence-corrected chi connectivity index (χ2v) is 7.79. The lowest BCUT2D eigenvalue weighted by Gasteiger charge is -2.31. The van der Waals surface area contributed by atoms with Gasteiger partial charge in [0.05, 0.1) is 18.1 Å². The number of sulfonamides is 1. The van der Waals surface area contributed by atoms with Gasteiger partial charge < -0.3 is 4.74 Å². The van der Waals surface area contributed by atoms with Gasteiger partial charge >= 0.3 is 0 Å². The van der Waals surface area contributed by atoms with E-state index in [4.69, 9.17) is 16.3 Å². The minimum atomic E-state index is -3.76. The predicted octanol–water partition coefficient (Wildman–Crippen LogP) is 1.72. The Balaban J connectivity index is 2.39. The molecule has 2 heterocycles. The van der Waals surface area contributed by atoms with Crippen LogP contribution >= 0.6 is 22.9 Å². The molecule has 1 aliphatic rings. The van der Waals surface area contributed by atoms with E-state index in [-0.39, 0.29) is 26.8 Å². The van der Waals surface area contributed by atoms with E-state index >= 15 is 0 Å². The molecule has 1 atom stereocenters. The summed E-state index contributed by atoms with van der Waals surface area (Å²) in [6.45, 7) is 2.57. The van der Waals surface area contributed by atoms with Crippen LogP contribution in [0.25, 0.3) is 0 Å². The molecule has 2 rings (SSSR count). The molecule has 1 saturated heterocycles. The van der Waals surface area contributed by atoms with Crippen molar-refractivity contribution in [3.8, 4) is 0 Å². The van der Waals surface area contributed by atoms with Crippen molar-refractivity contribution in [3.63, 3.8) is 0 Å². The van der Waals surface area contributed by atoms with E-state index in [0.29, 0.717) is 24.6 Å². The number of hydrogen-bond acceptors (Lipinski definition) is 6. The number of nitrogens with zero attached hydrogens (tertiary/aromatic N) is 2. The van der Waals surface area contributed by atoms with E-state index < -0.39 is 14.9 Å². The Morgan fingerprint density at radius 3 is 2.84 bits per heavy atom.